The molecular weight excluding hydrogens is 392 g/mol. The maximum atomic E-state index is 12.6. The predicted octanol–water partition coefficient (Wildman–Crippen LogP) is 2.32. The van der Waals surface area contributed by atoms with Gasteiger partial charge in [-0.1, -0.05) is 24.3 Å². The van der Waals surface area contributed by atoms with Crippen molar-refractivity contribution in [2.45, 2.75) is 44.0 Å². The van der Waals surface area contributed by atoms with Gasteiger partial charge in [-0.25, -0.2) is 4.98 Å². The molecule has 7 nitrogen and oxygen atoms in total. The van der Waals surface area contributed by atoms with E-state index in [1.54, 1.807) is 14.2 Å². The average Bonchev–Trinajstić information content (AvgIpc) is 3.23. The molecule has 2 fully saturated rings. The second-order valence-corrected chi connectivity index (χ2v) is 8.29. The van der Waals surface area contributed by atoms with Crippen molar-refractivity contribution in [2.24, 2.45) is 0 Å². The Labute approximate surface area is 184 Å². The minimum atomic E-state index is -0.129. The van der Waals surface area contributed by atoms with Crippen molar-refractivity contribution >= 4 is 5.91 Å². The van der Waals surface area contributed by atoms with Gasteiger partial charge in [-0.15, -0.1) is 0 Å². The fraction of sp³-hybridized carbons (Fsp3) is 0.500. The Morgan fingerprint density at radius 2 is 1.90 bits per heavy atom. The Morgan fingerprint density at radius 3 is 2.61 bits per heavy atom. The van der Waals surface area contributed by atoms with E-state index in [0.717, 1.165) is 56.9 Å². The number of benzene rings is 1. The van der Waals surface area contributed by atoms with Gasteiger partial charge in [0.15, 0.2) is 0 Å². The maximum Gasteiger partial charge on any atom is 0.237 e. The zero-order valence-electron chi connectivity index (χ0n) is 18.4. The summed E-state index contributed by atoms with van der Waals surface area (Å²) < 4.78 is 11.4. The lowest BCUT2D eigenvalue weighted by molar-refractivity contribution is -0.126. The van der Waals surface area contributed by atoms with Crippen molar-refractivity contribution in [1.29, 1.82) is 0 Å². The number of rotatable bonds is 7. The van der Waals surface area contributed by atoms with Gasteiger partial charge in [-0.3, -0.25) is 14.6 Å². The smallest absolute Gasteiger partial charge is 0.237 e. The van der Waals surface area contributed by atoms with Crippen LogP contribution in [0.5, 0.6) is 11.6 Å². The zero-order valence-corrected chi connectivity index (χ0v) is 18.4. The van der Waals surface area contributed by atoms with Gasteiger partial charge >= 0.3 is 0 Å². The molecule has 1 amide bonds. The largest absolute Gasteiger partial charge is 0.489 e. The summed E-state index contributed by atoms with van der Waals surface area (Å²) in [6.45, 7) is 3.59. The van der Waals surface area contributed by atoms with Gasteiger partial charge in [-0.2, -0.15) is 0 Å². The Bertz CT molecular complexity index is 855. The number of likely N-dealkylation sites (tertiary alicyclic amines) is 2. The van der Waals surface area contributed by atoms with E-state index >= 15 is 0 Å². The standard InChI is InChI=1S/C24H32N4O3/c1-25-24(29)22-15-21(31-20-8-4-3-5-9-20)17-28(22)19-11-13-27(14-12-19)16-18-7-6-10-23(26-18)30-2/h3-10,19,21-22H,11-17H2,1-2H3,(H,25,29)/t21-,22-/m0/s1. The third-order valence-corrected chi connectivity index (χ3v) is 6.30. The Morgan fingerprint density at radius 1 is 1.13 bits per heavy atom. The van der Waals surface area contributed by atoms with Crippen molar-refractivity contribution in [2.75, 3.05) is 33.8 Å². The molecule has 2 saturated heterocycles. The highest BCUT2D eigenvalue weighted by atomic mass is 16.5. The van der Waals surface area contributed by atoms with E-state index in [1.165, 1.54) is 0 Å². The van der Waals surface area contributed by atoms with Crippen LogP contribution in [0.4, 0.5) is 0 Å². The molecular formula is C24H32N4O3. The van der Waals surface area contributed by atoms with Gasteiger partial charge in [0.2, 0.25) is 11.8 Å². The molecule has 0 aliphatic carbocycles. The summed E-state index contributed by atoms with van der Waals surface area (Å²) in [5.74, 6) is 1.61. The Balaban J connectivity index is 1.35. The van der Waals surface area contributed by atoms with Crippen molar-refractivity contribution < 1.29 is 14.3 Å². The number of nitrogens with zero attached hydrogens (tertiary/aromatic N) is 3. The first-order chi connectivity index (χ1) is 15.2. The number of hydrogen-bond donors (Lipinski definition) is 1. The Kier molecular flexibility index (Phi) is 7.04. The summed E-state index contributed by atoms with van der Waals surface area (Å²) >= 11 is 0. The lowest BCUT2D eigenvalue weighted by Crippen LogP contribution is -2.50. The molecule has 2 atom stereocenters. The number of nitrogens with one attached hydrogen (secondary N) is 1. The fourth-order valence-electron chi connectivity index (χ4n) is 4.72. The first-order valence-corrected chi connectivity index (χ1v) is 11.1. The summed E-state index contributed by atoms with van der Waals surface area (Å²) in [5, 5.41) is 2.85. The van der Waals surface area contributed by atoms with E-state index in [9.17, 15) is 4.79 Å². The van der Waals surface area contributed by atoms with Crippen molar-refractivity contribution in [1.82, 2.24) is 20.1 Å². The van der Waals surface area contributed by atoms with Gasteiger partial charge < -0.3 is 14.8 Å². The molecule has 1 aromatic carbocycles. The number of hydrogen-bond acceptors (Lipinski definition) is 6. The van der Waals surface area contributed by atoms with E-state index < -0.39 is 0 Å². The van der Waals surface area contributed by atoms with E-state index in [4.69, 9.17) is 9.47 Å². The summed E-state index contributed by atoms with van der Waals surface area (Å²) in [5.41, 5.74) is 1.03. The number of methoxy groups -OCH3 is 1. The minimum absolute atomic E-state index is 0.0312. The number of amides is 1. The molecule has 2 aromatic rings. The van der Waals surface area contributed by atoms with Crippen molar-refractivity contribution in [3.8, 4) is 11.6 Å². The number of pyridine rings is 1. The molecule has 0 unspecified atom stereocenters. The summed E-state index contributed by atoms with van der Waals surface area (Å²) in [6, 6.07) is 16.0. The van der Waals surface area contributed by atoms with Crippen LogP contribution in [0, 0.1) is 0 Å². The molecule has 166 valence electrons. The molecule has 0 bridgehead atoms. The second kappa shape index (κ2) is 10.1. The van der Waals surface area contributed by atoms with Crippen LogP contribution in [0.2, 0.25) is 0 Å². The summed E-state index contributed by atoms with van der Waals surface area (Å²) in [7, 11) is 3.36. The molecule has 4 rings (SSSR count). The first-order valence-electron chi connectivity index (χ1n) is 11.1. The monoisotopic (exact) mass is 424 g/mol. The number of likely N-dealkylation sites (N-methyl/N-ethyl adjacent to an activating group) is 1. The molecule has 0 saturated carbocycles. The SMILES string of the molecule is CNC(=O)[C@@H]1C[C@H](Oc2ccccc2)CN1C1CCN(Cc2cccc(OC)n2)CC1. The van der Waals surface area contributed by atoms with Gasteiger partial charge in [0.25, 0.3) is 0 Å². The van der Waals surface area contributed by atoms with E-state index in [1.807, 2.05) is 48.5 Å². The highest BCUT2D eigenvalue weighted by Crippen LogP contribution is 2.29. The number of aromatic nitrogens is 1. The van der Waals surface area contributed by atoms with Gasteiger partial charge in [0.05, 0.1) is 18.8 Å². The van der Waals surface area contributed by atoms with E-state index in [-0.39, 0.29) is 18.1 Å². The van der Waals surface area contributed by atoms with Crippen LogP contribution in [0.1, 0.15) is 25.0 Å². The van der Waals surface area contributed by atoms with Crippen LogP contribution < -0.4 is 14.8 Å². The van der Waals surface area contributed by atoms with Crippen LogP contribution in [0.15, 0.2) is 48.5 Å². The van der Waals surface area contributed by atoms with Crippen LogP contribution >= 0.6 is 0 Å². The molecule has 7 heteroatoms. The predicted molar refractivity (Wildman–Crippen MR) is 119 cm³/mol. The normalized spacial score (nSPS) is 22.9. The van der Waals surface area contributed by atoms with Crippen LogP contribution in [0.3, 0.4) is 0 Å². The molecule has 2 aliphatic heterocycles. The van der Waals surface area contributed by atoms with Gasteiger partial charge in [0.1, 0.15) is 11.9 Å². The minimum Gasteiger partial charge on any atom is -0.489 e. The zero-order chi connectivity index (χ0) is 21.6. The quantitative estimate of drug-likeness (QED) is 0.736. The maximum absolute atomic E-state index is 12.6. The van der Waals surface area contributed by atoms with E-state index in [2.05, 4.69) is 20.1 Å². The van der Waals surface area contributed by atoms with Crippen LogP contribution in [0.25, 0.3) is 0 Å². The van der Waals surface area contributed by atoms with Crippen molar-refractivity contribution in [3.63, 3.8) is 0 Å². The third kappa shape index (κ3) is 5.35. The lowest BCUT2D eigenvalue weighted by atomic mass is 10.0. The summed E-state index contributed by atoms with van der Waals surface area (Å²) in [6.07, 6.45) is 2.83. The molecule has 2 aliphatic rings. The number of ether oxygens (including phenoxy) is 2. The van der Waals surface area contributed by atoms with Gasteiger partial charge in [-0.05, 0) is 31.0 Å². The lowest BCUT2D eigenvalue weighted by Gasteiger charge is -2.38. The number of carbonyl (C=O) groups excluding carboxylic acids is 1. The average molecular weight is 425 g/mol. The fourth-order valence-corrected chi connectivity index (χ4v) is 4.72. The third-order valence-electron chi connectivity index (χ3n) is 6.30. The number of para-hydroxylation sites is 1. The molecule has 3 heterocycles. The molecule has 1 aromatic heterocycles. The van der Waals surface area contributed by atoms with Crippen LogP contribution in [-0.2, 0) is 11.3 Å². The van der Waals surface area contributed by atoms with E-state index in [0.29, 0.717) is 11.9 Å². The Hall–Kier alpha value is -2.64. The van der Waals surface area contributed by atoms with Gasteiger partial charge in [0, 0.05) is 51.8 Å². The topological polar surface area (TPSA) is 66.9 Å². The highest BCUT2D eigenvalue weighted by Gasteiger charge is 2.41. The van der Waals surface area contributed by atoms with Crippen molar-refractivity contribution in [3.05, 3.63) is 54.2 Å². The molecule has 0 radical (unpaired) electrons. The molecule has 1 N–H and O–H groups in total. The number of piperidine rings is 1. The second-order valence-electron chi connectivity index (χ2n) is 8.29. The van der Waals surface area contributed by atoms with Crippen LogP contribution in [-0.4, -0.2) is 72.7 Å². The highest BCUT2D eigenvalue weighted by molar-refractivity contribution is 5.81. The molecule has 31 heavy (non-hydrogen) atoms. The molecule has 0 spiro atoms. The first kappa shape index (κ1) is 21.6. The number of carbonyl (C=O) groups is 1. The summed E-state index contributed by atoms with van der Waals surface area (Å²) in [4.78, 5) is 21.9.